The first-order valence-electron chi connectivity index (χ1n) is 7.75. The Morgan fingerprint density at radius 3 is 2.52 bits per heavy atom. The third-order valence-corrected chi connectivity index (χ3v) is 5.10. The number of fused-ring (bicyclic) bond motifs is 1. The first-order valence-corrected chi connectivity index (χ1v) is 7.75. The van der Waals surface area contributed by atoms with Gasteiger partial charge in [0.2, 0.25) is 5.91 Å². The molecule has 7 heteroatoms. The molecule has 0 aromatic heterocycles. The Bertz CT molecular complexity index is 393. The molecule has 0 spiro atoms. The van der Waals surface area contributed by atoms with Gasteiger partial charge in [-0.2, -0.15) is 13.2 Å². The second kappa shape index (κ2) is 5.76. The third kappa shape index (κ3) is 3.34. The summed E-state index contributed by atoms with van der Waals surface area (Å²) in [5.74, 6) is 1.15. The van der Waals surface area contributed by atoms with Gasteiger partial charge in [0.15, 0.2) is 0 Å². The minimum absolute atomic E-state index is 0.0936. The van der Waals surface area contributed by atoms with Gasteiger partial charge in [-0.15, -0.1) is 0 Å². The van der Waals surface area contributed by atoms with Crippen LogP contribution in [-0.4, -0.2) is 67.2 Å². The van der Waals surface area contributed by atoms with Crippen molar-refractivity contribution in [3.05, 3.63) is 0 Å². The molecule has 1 aliphatic carbocycles. The van der Waals surface area contributed by atoms with Gasteiger partial charge in [0, 0.05) is 26.2 Å². The molecule has 3 fully saturated rings. The SMILES string of the molecule is O=C(C1NCC2CCCC21)N1CCN(CC(F)(F)F)CC1. The number of nitrogens with one attached hydrogen (secondary N) is 1. The fourth-order valence-corrected chi connectivity index (χ4v) is 4.03. The normalized spacial score (nSPS) is 34.2. The predicted octanol–water partition coefficient (Wildman–Crippen LogP) is 1.08. The summed E-state index contributed by atoms with van der Waals surface area (Å²) in [6.45, 7) is 1.48. The molecule has 2 saturated heterocycles. The summed E-state index contributed by atoms with van der Waals surface area (Å²) in [4.78, 5) is 15.7. The molecule has 1 amide bonds. The highest BCUT2D eigenvalue weighted by molar-refractivity contribution is 5.83. The van der Waals surface area contributed by atoms with E-state index in [0.717, 1.165) is 13.0 Å². The second-order valence-corrected chi connectivity index (χ2v) is 6.46. The Balaban J connectivity index is 1.51. The lowest BCUT2D eigenvalue weighted by Gasteiger charge is -2.36. The van der Waals surface area contributed by atoms with Crippen LogP contribution in [0.3, 0.4) is 0 Å². The largest absolute Gasteiger partial charge is 0.401 e. The van der Waals surface area contributed by atoms with E-state index in [1.54, 1.807) is 4.90 Å². The number of nitrogens with zero attached hydrogens (tertiary/aromatic N) is 2. The van der Waals surface area contributed by atoms with E-state index in [9.17, 15) is 18.0 Å². The minimum atomic E-state index is -4.16. The Kier molecular flexibility index (Phi) is 4.14. The molecule has 2 heterocycles. The first kappa shape index (κ1) is 15.1. The lowest BCUT2D eigenvalue weighted by atomic mass is 9.93. The van der Waals surface area contributed by atoms with E-state index >= 15 is 0 Å². The smallest absolute Gasteiger partial charge is 0.339 e. The van der Waals surface area contributed by atoms with Crippen LogP contribution in [0.5, 0.6) is 0 Å². The van der Waals surface area contributed by atoms with E-state index in [-0.39, 0.29) is 11.9 Å². The highest BCUT2D eigenvalue weighted by Gasteiger charge is 2.44. The summed E-state index contributed by atoms with van der Waals surface area (Å²) < 4.78 is 37.1. The average molecular weight is 305 g/mol. The Morgan fingerprint density at radius 2 is 1.86 bits per heavy atom. The Labute approximate surface area is 122 Å². The van der Waals surface area contributed by atoms with Crippen molar-refractivity contribution in [1.82, 2.24) is 15.1 Å². The van der Waals surface area contributed by atoms with E-state index in [0.29, 0.717) is 38.0 Å². The van der Waals surface area contributed by atoms with Crippen LogP contribution in [0.15, 0.2) is 0 Å². The Hall–Kier alpha value is -0.820. The molecule has 3 aliphatic rings. The Morgan fingerprint density at radius 1 is 1.14 bits per heavy atom. The van der Waals surface area contributed by atoms with Crippen molar-refractivity contribution in [2.24, 2.45) is 11.8 Å². The highest BCUT2D eigenvalue weighted by Crippen LogP contribution is 2.38. The molecule has 2 aliphatic heterocycles. The van der Waals surface area contributed by atoms with E-state index < -0.39 is 12.7 Å². The van der Waals surface area contributed by atoms with Gasteiger partial charge in [-0.1, -0.05) is 6.42 Å². The van der Waals surface area contributed by atoms with Gasteiger partial charge in [-0.3, -0.25) is 9.69 Å². The average Bonchev–Trinajstić information content (AvgIpc) is 2.99. The number of carbonyl (C=O) groups is 1. The number of hydrogen-bond donors (Lipinski definition) is 1. The quantitative estimate of drug-likeness (QED) is 0.829. The van der Waals surface area contributed by atoms with Crippen LogP contribution in [0.2, 0.25) is 0 Å². The van der Waals surface area contributed by atoms with Gasteiger partial charge < -0.3 is 10.2 Å². The summed E-state index contributed by atoms with van der Waals surface area (Å²) in [6.07, 6.45) is -0.667. The fraction of sp³-hybridized carbons (Fsp3) is 0.929. The number of halogens is 3. The standard InChI is InChI=1S/C14H22F3N3O/c15-14(16,17)9-19-4-6-20(7-5-19)13(21)12-11-3-1-2-10(11)8-18-12/h10-12,18H,1-9H2. The van der Waals surface area contributed by atoms with Crippen molar-refractivity contribution < 1.29 is 18.0 Å². The van der Waals surface area contributed by atoms with E-state index in [1.807, 2.05) is 0 Å². The summed E-state index contributed by atoms with van der Waals surface area (Å²) in [5.41, 5.74) is 0. The first-order chi connectivity index (χ1) is 9.94. The summed E-state index contributed by atoms with van der Waals surface area (Å²) >= 11 is 0. The maximum atomic E-state index is 12.6. The van der Waals surface area contributed by atoms with Crippen LogP contribution in [0, 0.1) is 11.8 Å². The molecular weight excluding hydrogens is 283 g/mol. The number of carbonyl (C=O) groups excluding carboxylic acids is 1. The van der Waals surface area contributed by atoms with Crippen molar-refractivity contribution in [1.29, 1.82) is 0 Å². The lowest BCUT2D eigenvalue weighted by molar-refractivity contribution is -0.152. The molecule has 120 valence electrons. The predicted molar refractivity (Wildman–Crippen MR) is 71.7 cm³/mol. The number of rotatable bonds is 2. The zero-order valence-electron chi connectivity index (χ0n) is 12.0. The second-order valence-electron chi connectivity index (χ2n) is 6.46. The molecule has 3 unspecified atom stereocenters. The van der Waals surface area contributed by atoms with E-state index in [1.165, 1.54) is 17.7 Å². The zero-order valence-corrected chi connectivity index (χ0v) is 12.0. The van der Waals surface area contributed by atoms with Gasteiger partial charge in [0.1, 0.15) is 0 Å². The molecule has 0 aromatic rings. The van der Waals surface area contributed by atoms with Crippen molar-refractivity contribution >= 4 is 5.91 Å². The molecule has 0 aromatic carbocycles. The third-order valence-electron chi connectivity index (χ3n) is 5.10. The van der Waals surface area contributed by atoms with E-state index in [2.05, 4.69) is 5.32 Å². The molecular formula is C14H22F3N3O. The molecule has 1 N–H and O–H groups in total. The van der Waals surface area contributed by atoms with E-state index in [4.69, 9.17) is 0 Å². The van der Waals surface area contributed by atoms with Crippen LogP contribution in [0.4, 0.5) is 13.2 Å². The maximum absolute atomic E-state index is 12.6. The van der Waals surface area contributed by atoms with Crippen LogP contribution in [0.25, 0.3) is 0 Å². The molecule has 3 rings (SSSR count). The molecule has 4 nitrogen and oxygen atoms in total. The summed E-state index contributed by atoms with van der Waals surface area (Å²) in [7, 11) is 0. The number of piperazine rings is 1. The number of alkyl halides is 3. The maximum Gasteiger partial charge on any atom is 0.401 e. The van der Waals surface area contributed by atoms with Crippen molar-refractivity contribution in [3.8, 4) is 0 Å². The van der Waals surface area contributed by atoms with Crippen molar-refractivity contribution in [3.63, 3.8) is 0 Å². The monoisotopic (exact) mass is 305 g/mol. The highest BCUT2D eigenvalue weighted by atomic mass is 19.4. The van der Waals surface area contributed by atoms with Gasteiger partial charge in [-0.25, -0.2) is 0 Å². The van der Waals surface area contributed by atoms with Crippen LogP contribution < -0.4 is 5.32 Å². The lowest BCUT2D eigenvalue weighted by Crippen LogP contribution is -2.55. The summed E-state index contributed by atoms with van der Waals surface area (Å²) in [6, 6.07) is -0.105. The number of hydrogen-bond acceptors (Lipinski definition) is 3. The topological polar surface area (TPSA) is 35.6 Å². The van der Waals surface area contributed by atoms with Crippen LogP contribution in [0.1, 0.15) is 19.3 Å². The van der Waals surface area contributed by atoms with Gasteiger partial charge in [-0.05, 0) is 31.2 Å². The van der Waals surface area contributed by atoms with Crippen molar-refractivity contribution in [2.45, 2.75) is 31.5 Å². The summed E-state index contributed by atoms with van der Waals surface area (Å²) in [5, 5.41) is 3.32. The van der Waals surface area contributed by atoms with Crippen LogP contribution >= 0.6 is 0 Å². The minimum Gasteiger partial charge on any atom is -0.339 e. The number of amides is 1. The molecule has 21 heavy (non-hydrogen) atoms. The zero-order chi connectivity index (χ0) is 15.0. The van der Waals surface area contributed by atoms with Crippen LogP contribution in [-0.2, 0) is 4.79 Å². The van der Waals surface area contributed by atoms with Gasteiger partial charge >= 0.3 is 6.18 Å². The molecule has 1 saturated carbocycles. The molecule has 3 atom stereocenters. The molecule has 0 radical (unpaired) electrons. The fourth-order valence-electron chi connectivity index (χ4n) is 4.03. The van der Waals surface area contributed by atoms with Gasteiger partial charge in [0.05, 0.1) is 12.6 Å². The van der Waals surface area contributed by atoms with Gasteiger partial charge in [0.25, 0.3) is 0 Å². The van der Waals surface area contributed by atoms with Crippen molar-refractivity contribution in [2.75, 3.05) is 39.3 Å². The molecule has 0 bridgehead atoms.